The molecule has 0 spiro atoms. The van der Waals surface area contributed by atoms with Crippen LogP contribution in [0.15, 0.2) is 39.1 Å². The van der Waals surface area contributed by atoms with Gasteiger partial charge in [-0.15, -0.1) is 15.3 Å². The molecule has 14 heteroatoms. The molecule has 1 amide bonds. The first-order chi connectivity index (χ1) is 15.4. The minimum absolute atomic E-state index is 0.0240. The number of hydrogen-bond acceptors (Lipinski definition) is 10. The number of hydrogen-bond donors (Lipinski definition) is 3. The zero-order chi connectivity index (χ0) is 22.8. The summed E-state index contributed by atoms with van der Waals surface area (Å²) in [5.41, 5.74) is 6.41. The van der Waals surface area contributed by atoms with Gasteiger partial charge in [-0.05, 0) is 22.8 Å². The Hall–Kier alpha value is -4.62. The molecule has 0 aliphatic rings. The number of para-hydroxylation sites is 1. The van der Waals surface area contributed by atoms with Crippen LogP contribution in [-0.2, 0) is 17.8 Å². The standard InChI is InChI=1S/C18H17N9O5/c1-2-5-11-14(21-25-27(11)16-15(19)23-32-24-16)17(30)22-20-13-9-6-3-4-7-10(9)26(18(13)31)8-12(28)29/h3-4,6-7,31H,2,5,8H2,1H3,(H2,19,23)(H,28,29). The van der Waals surface area contributed by atoms with E-state index in [0.717, 1.165) is 4.57 Å². The van der Waals surface area contributed by atoms with Crippen LogP contribution in [0.3, 0.4) is 0 Å². The van der Waals surface area contributed by atoms with Crippen LogP contribution >= 0.6 is 0 Å². The minimum atomic E-state index is -1.15. The van der Waals surface area contributed by atoms with Gasteiger partial charge in [0, 0.05) is 5.39 Å². The smallest absolute Gasteiger partial charge is 0.323 e. The van der Waals surface area contributed by atoms with Gasteiger partial charge in [-0.2, -0.15) is 4.68 Å². The molecule has 32 heavy (non-hydrogen) atoms. The summed E-state index contributed by atoms with van der Waals surface area (Å²) in [5, 5.41) is 42.6. The van der Waals surface area contributed by atoms with Gasteiger partial charge in [0.2, 0.25) is 17.5 Å². The van der Waals surface area contributed by atoms with Gasteiger partial charge < -0.3 is 15.9 Å². The lowest BCUT2D eigenvalue weighted by molar-refractivity contribution is -0.137. The second-order valence-corrected chi connectivity index (χ2v) is 6.69. The van der Waals surface area contributed by atoms with Crippen molar-refractivity contribution in [1.82, 2.24) is 29.9 Å². The largest absolute Gasteiger partial charge is 0.493 e. The van der Waals surface area contributed by atoms with Crippen LogP contribution in [0.5, 0.6) is 5.88 Å². The number of nitrogens with zero attached hydrogens (tertiary/aromatic N) is 8. The molecular formula is C18H17N9O5. The summed E-state index contributed by atoms with van der Waals surface area (Å²) < 4.78 is 6.99. The van der Waals surface area contributed by atoms with Gasteiger partial charge in [0.25, 0.3) is 0 Å². The van der Waals surface area contributed by atoms with Gasteiger partial charge in [-0.1, -0.05) is 36.8 Å². The molecule has 3 aromatic heterocycles. The Balaban J connectivity index is 1.73. The van der Waals surface area contributed by atoms with Gasteiger partial charge in [0.1, 0.15) is 6.54 Å². The molecule has 0 saturated heterocycles. The number of fused-ring (bicyclic) bond motifs is 1. The molecule has 0 fully saturated rings. The van der Waals surface area contributed by atoms with Crippen LogP contribution in [0, 0.1) is 0 Å². The number of nitrogens with two attached hydrogens (primary N) is 1. The average molecular weight is 439 g/mol. The molecule has 0 saturated carbocycles. The van der Waals surface area contributed by atoms with E-state index in [4.69, 9.17) is 10.8 Å². The Kier molecular flexibility index (Phi) is 5.32. The molecule has 0 aliphatic carbocycles. The first-order valence-electron chi connectivity index (χ1n) is 9.43. The highest BCUT2D eigenvalue weighted by Gasteiger charge is 2.24. The number of benzene rings is 1. The normalized spacial score (nSPS) is 11.5. The molecule has 4 N–H and O–H groups in total. The molecular weight excluding hydrogens is 422 g/mol. The molecule has 0 aliphatic heterocycles. The molecule has 0 bridgehead atoms. The van der Waals surface area contributed by atoms with Crippen LogP contribution in [0.2, 0.25) is 0 Å². The number of aromatic nitrogens is 6. The van der Waals surface area contributed by atoms with Gasteiger partial charge in [0.05, 0.1) is 11.2 Å². The number of nitrogen functional groups attached to an aromatic ring is 1. The van der Waals surface area contributed by atoms with Crippen molar-refractivity contribution in [3.63, 3.8) is 0 Å². The number of rotatable bonds is 7. The van der Waals surface area contributed by atoms with Gasteiger partial charge >= 0.3 is 11.9 Å². The number of carboxylic acids is 1. The van der Waals surface area contributed by atoms with Crippen molar-refractivity contribution in [3.8, 4) is 11.7 Å². The lowest BCUT2D eigenvalue weighted by atomic mass is 10.2. The Bertz CT molecular complexity index is 1350. The molecule has 4 rings (SSSR count). The van der Waals surface area contributed by atoms with Crippen molar-refractivity contribution in [1.29, 1.82) is 0 Å². The van der Waals surface area contributed by atoms with E-state index in [1.807, 2.05) is 6.92 Å². The summed E-state index contributed by atoms with van der Waals surface area (Å²) in [6.45, 7) is 1.41. The molecule has 4 aromatic rings. The van der Waals surface area contributed by atoms with Crippen LogP contribution in [0.4, 0.5) is 11.5 Å². The van der Waals surface area contributed by atoms with E-state index >= 15 is 0 Å². The first-order valence-corrected chi connectivity index (χ1v) is 9.43. The third-order valence-electron chi connectivity index (χ3n) is 4.60. The fourth-order valence-electron chi connectivity index (χ4n) is 3.25. The van der Waals surface area contributed by atoms with E-state index in [0.29, 0.717) is 29.4 Å². The topological polar surface area (TPSA) is 200 Å². The number of carboxylic acid groups (broad SMARTS) is 1. The number of azo groups is 1. The first kappa shape index (κ1) is 20.6. The predicted molar refractivity (Wildman–Crippen MR) is 108 cm³/mol. The Morgan fingerprint density at radius 3 is 2.72 bits per heavy atom. The number of carbonyl (C=O) groups excluding carboxylic acids is 1. The second-order valence-electron chi connectivity index (χ2n) is 6.69. The van der Waals surface area contributed by atoms with E-state index < -0.39 is 24.3 Å². The quantitative estimate of drug-likeness (QED) is 0.357. The third kappa shape index (κ3) is 3.53. The van der Waals surface area contributed by atoms with Crippen molar-refractivity contribution in [2.75, 3.05) is 5.73 Å². The number of aliphatic carboxylic acids is 1. The molecule has 0 unspecified atom stereocenters. The van der Waals surface area contributed by atoms with Crippen LogP contribution in [-0.4, -0.2) is 52.0 Å². The van der Waals surface area contributed by atoms with Gasteiger partial charge in [-0.25, -0.2) is 4.63 Å². The van der Waals surface area contributed by atoms with E-state index in [2.05, 4.69) is 35.5 Å². The van der Waals surface area contributed by atoms with Crippen LogP contribution in [0.1, 0.15) is 29.5 Å². The summed E-state index contributed by atoms with van der Waals surface area (Å²) in [5.74, 6) is -2.33. The third-order valence-corrected chi connectivity index (χ3v) is 4.60. The second kappa shape index (κ2) is 8.25. The molecule has 0 atom stereocenters. The highest BCUT2D eigenvalue weighted by Crippen LogP contribution is 2.38. The lowest BCUT2D eigenvalue weighted by Gasteiger charge is -2.02. The molecule has 164 valence electrons. The maximum atomic E-state index is 12.8. The fourth-order valence-corrected chi connectivity index (χ4v) is 3.25. The Morgan fingerprint density at radius 2 is 2.03 bits per heavy atom. The zero-order valence-corrected chi connectivity index (χ0v) is 16.7. The summed E-state index contributed by atoms with van der Waals surface area (Å²) >= 11 is 0. The summed E-state index contributed by atoms with van der Waals surface area (Å²) in [6.07, 6.45) is 1.05. The highest BCUT2D eigenvalue weighted by atomic mass is 16.6. The Labute approximate surface area is 178 Å². The van der Waals surface area contributed by atoms with Crippen molar-refractivity contribution < 1.29 is 24.4 Å². The highest BCUT2D eigenvalue weighted by molar-refractivity contribution is 5.97. The summed E-state index contributed by atoms with van der Waals surface area (Å²) in [4.78, 5) is 23.9. The van der Waals surface area contributed by atoms with Crippen molar-refractivity contribution in [3.05, 3.63) is 35.7 Å². The Morgan fingerprint density at radius 1 is 1.25 bits per heavy atom. The maximum absolute atomic E-state index is 12.8. The lowest BCUT2D eigenvalue weighted by Crippen LogP contribution is -2.08. The SMILES string of the molecule is CCCc1c(C(=O)N=Nc2c(O)n(CC(=O)O)c3ccccc23)nnn1-c1nonc1N. The van der Waals surface area contributed by atoms with Crippen molar-refractivity contribution in [2.45, 2.75) is 26.3 Å². The molecule has 14 nitrogen and oxygen atoms in total. The molecule has 1 aromatic carbocycles. The van der Waals surface area contributed by atoms with Crippen LogP contribution in [0.25, 0.3) is 16.7 Å². The molecule has 0 radical (unpaired) electrons. The number of aromatic hydroxyl groups is 1. The van der Waals surface area contributed by atoms with Gasteiger partial charge in [-0.3, -0.25) is 14.2 Å². The van der Waals surface area contributed by atoms with E-state index in [-0.39, 0.29) is 23.0 Å². The number of anilines is 1. The summed E-state index contributed by atoms with van der Waals surface area (Å²) in [7, 11) is 0. The van der Waals surface area contributed by atoms with E-state index in [9.17, 15) is 14.7 Å². The summed E-state index contributed by atoms with van der Waals surface area (Å²) in [6, 6.07) is 6.63. The van der Waals surface area contributed by atoms with E-state index in [1.165, 1.54) is 4.68 Å². The monoisotopic (exact) mass is 439 g/mol. The fraction of sp³-hybridized carbons (Fsp3) is 0.222. The predicted octanol–water partition coefficient (Wildman–Crippen LogP) is 1.85. The number of amides is 1. The minimum Gasteiger partial charge on any atom is -0.493 e. The molecule has 3 heterocycles. The average Bonchev–Trinajstić information content (AvgIpc) is 3.44. The van der Waals surface area contributed by atoms with Crippen molar-refractivity contribution in [2.24, 2.45) is 10.2 Å². The zero-order valence-electron chi connectivity index (χ0n) is 16.7. The van der Waals surface area contributed by atoms with E-state index in [1.54, 1.807) is 24.3 Å². The van der Waals surface area contributed by atoms with Gasteiger partial charge in [0.15, 0.2) is 11.4 Å². The van der Waals surface area contributed by atoms with Crippen LogP contribution < -0.4 is 5.73 Å². The number of carbonyl (C=O) groups is 2. The van der Waals surface area contributed by atoms with Crippen molar-refractivity contribution >= 4 is 34.3 Å². The maximum Gasteiger partial charge on any atom is 0.323 e.